The summed E-state index contributed by atoms with van der Waals surface area (Å²) in [6.45, 7) is 0. The van der Waals surface area contributed by atoms with Crippen LogP contribution in [0.2, 0.25) is 0 Å². The average molecular weight is 329 g/mol. The Morgan fingerprint density at radius 2 is 1.56 bits per heavy atom. The number of rotatable bonds is 3. The molecule has 0 spiro atoms. The first-order valence-electron chi connectivity index (χ1n) is 7.89. The lowest BCUT2D eigenvalue weighted by Gasteiger charge is -2.26. The SMILES string of the molecule is O=C(O)c1ccc2cc(C3(c4ccc(O)cc4)C=CC=N3)ccc2c1. The van der Waals surface area contributed by atoms with E-state index in [9.17, 15) is 9.90 Å². The van der Waals surface area contributed by atoms with Gasteiger partial charge in [0.1, 0.15) is 11.3 Å². The van der Waals surface area contributed by atoms with Crippen LogP contribution in [0.15, 0.2) is 77.8 Å². The zero-order valence-electron chi connectivity index (χ0n) is 13.3. The minimum Gasteiger partial charge on any atom is -0.508 e. The highest BCUT2D eigenvalue weighted by Gasteiger charge is 2.32. The fourth-order valence-electron chi connectivity index (χ4n) is 3.23. The number of carbonyl (C=O) groups is 1. The van der Waals surface area contributed by atoms with Crippen LogP contribution in [-0.4, -0.2) is 22.4 Å². The van der Waals surface area contributed by atoms with Crippen molar-refractivity contribution >= 4 is 23.0 Å². The fourth-order valence-corrected chi connectivity index (χ4v) is 3.23. The lowest BCUT2D eigenvalue weighted by atomic mass is 9.83. The van der Waals surface area contributed by atoms with Crippen molar-refractivity contribution in [2.45, 2.75) is 5.54 Å². The van der Waals surface area contributed by atoms with Gasteiger partial charge in [-0.2, -0.15) is 0 Å². The predicted molar refractivity (Wildman–Crippen MR) is 97.4 cm³/mol. The Morgan fingerprint density at radius 3 is 2.24 bits per heavy atom. The van der Waals surface area contributed by atoms with Gasteiger partial charge in [0, 0.05) is 6.21 Å². The van der Waals surface area contributed by atoms with Gasteiger partial charge >= 0.3 is 5.97 Å². The Balaban J connectivity index is 1.87. The molecule has 4 heteroatoms. The molecule has 2 N–H and O–H groups in total. The monoisotopic (exact) mass is 329 g/mol. The lowest BCUT2D eigenvalue weighted by molar-refractivity contribution is 0.0697. The zero-order chi connectivity index (χ0) is 17.4. The van der Waals surface area contributed by atoms with E-state index in [1.165, 1.54) is 0 Å². The number of phenols is 1. The van der Waals surface area contributed by atoms with E-state index in [4.69, 9.17) is 5.11 Å². The predicted octanol–water partition coefficient (Wildman–Crippen LogP) is 4.13. The van der Waals surface area contributed by atoms with Gasteiger partial charge in [-0.15, -0.1) is 0 Å². The number of benzene rings is 3. The summed E-state index contributed by atoms with van der Waals surface area (Å²) in [7, 11) is 0. The van der Waals surface area contributed by atoms with Crippen LogP contribution in [0, 0.1) is 0 Å². The van der Waals surface area contributed by atoms with Crippen LogP contribution < -0.4 is 0 Å². The molecule has 0 aliphatic carbocycles. The number of aliphatic imine (C=N–C) groups is 1. The number of aromatic carboxylic acids is 1. The molecule has 0 saturated carbocycles. The summed E-state index contributed by atoms with van der Waals surface area (Å²) in [6, 6.07) is 18.0. The maximum atomic E-state index is 11.1. The van der Waals surface area contributed by atoms with Gasteiger partial charge in [-0.1, -0.05) is 30.3 Å². The molecule has 1 aliphatic rings. The molecular weight excluding hydrogens is 314 g/mol. The third-order valence-corrected chi connectivity index (χ3v) is 4.54. The summed E-state index contributed by atoms with van der Waals surface area (Å²) in [5.74, 6) is -0.723. The van der Waals surface area contributed by atoms with Crippen molar-refractivity contribution in [3.8, 4) is 5.75 Å². The second kappa shape index (κ2) is 5.60. The van der Waals surface area contributed by atoms with E-state index in [1.807, 2.05) is 48.6 Å². The standard InChI is InChI=1S/C21H15NO3/c23-19-8-6-17(7-9-19)21(10-1-11-22-21)18-5-4-14-12-16(20(24)25)3-2-15(14)13-18/h1-13,23H,(H,24,25). The zero-order valence-corrected chi connectivity index (χ0v) is 13.3. The van der Waals surface area contributed by atoms with Gasteiger partial charge in [0.15, 0.2) is 0 Å². The van der Waals surface area contributed by atoms with Crippen LogP contribution in [0.5, 0.6) is 5.75 Å². The Kier molecular flexibility index (Phi) is 3.39. The molecule has 3 aromatic rings. The maximum absolute atomic E-state index is 11.1. The number of fused-ring (bicyclic) bond motifs is 1. The van der Waals surface area contributed by atoms with Gasteiger partial charge in [0.05, 0.1) is 5.56 Å². The number of hydrogen-bond acceptors (Lipinski definition) is 3. The van der Waals surface area contributed by atoms with Gasteiger partial charge in [0.2, 0.25) is 0 Å². The van der Waals surface area contributed by atoms with E-state index in [2.05, 4.69) is 4.99 Å². The molecule has 1 heterocycles. The number of carboxylic acid groups (broad SMARTS) is 1. The second-order valence-electron chi connectivity index (χ2n) is 6.03. The molecule has 0 saturated heterocycles. The molecule has 25 heavy (non-hydrogen) atoms. The summed E-state index contributed by atoms with van der Waals surface area (Å²) >= 11 is 0. The molecule has 1 atom stereocenters. The number of carboxylic acids is 1. The Bertz CT molecular complexity index is 1020. The normalized spacial score (nSPS) is 18.7. The Hall–Kier alpha value is -3.40. The minimum absolute atomic E-state index is 0.213. The van der Waals surface area contributed by atoms with E-state index in [0.717, 1.165) is 21.9 Å². The first kappa shape index (κ1) is 15.1. The van der Waals surface area contributed by atoms with Crippen molar-refractivity contribution in [2.75, 3.05) is 0 Å². The number of aromatic hydroxyl groups is 1. The smallest absolute Gasteiger partial charge is 0.335 e. The van der Waals surface area contributed by atoms with E-state index in [0.29, 0.717) is 0 Å². The van der Waals surface area contributed by atoms with Crippen molar-refractivity contribution in [1.29, 1.82) is 0 Å². The highest BCUT2D eigenvalue weighted by Crippen LogP contribution is 2.39. The molecule has 0 aromatic heterocycles. The first-order chi connectivity index (χ1) is 12.1. The first-order valence-corrected chi connectivity index (χ1v) is 7.89. The molecule has 3 aromatic carbocycles. The van der Waals surface area contributed by atoms with Crippen LogP contribution in [0.4, 0.5) is 0 Å². The maximum Gasteiger partial charge on any atom is 0.335 e. The molecule has 4 nitrogen and oxygen atoms in total. The van der Waals surface area contributed by atoms with Gasteiger partial charge in [-0.05, 0) is 64.4 Å². The molecule has 4 rings (SSSR count). The third-order valence-electron chi connectivity index (χ3n) is 4.54. The minimum atomic E-state index is -0.935. The van der Waals surface area contributed by atoms with E-state index in [-0.39, 0.29) is 11.3 Å². The highest BCUT2D eigenvalue weighted by atomic mass is 16.4. The molecule has 0 fully saturated rings. The van der Waals surface area contributed by atoms with Crippen molar-refractivity contribution in [2.24, 2.45) is 4.99 Å². The van der Waals surface area contributed by atoms with E-state index in [1.54, 1.807) is 30.5 Å². The summed E-state index contributed by atoms with van der Waals surface area (Å²) in [6.07, 6.45) is 5.70. The summed E-state index contributed by atoms with van der Waals surface area (Å²) in [5.41, 5.74) is 1.58. The molecule has 1 aliphatic heterocycles. The lowest BCUT2D eigenvalue weighted by Crippen LogP contribution is -2.20. The summed E-state index contributed by atoms with van der Waals surface area (Å²) in [4.78, 5) is 15.8. The van der Waals surface area contributed by atoms with E-state index >= 15 is 0 Å². The molecule has 122 valence electrons. The second-order valence-corrected chi connectivity index (χ2v) is 6.03. The number of nitrogens with zero attached hydrogens (tertiary/aromatic N) is 1. The van der Waals surface area contributed by atoms with Crippen molar-refractivity contribution in [3.63, 3.8) is 0 Å². The summed E-state index contributed by atoms with van der Waals surface area (Å²) in [5, 5.41) is 20.5. The molecule has 0 radical (unpaired) electrons. The van der Waals surface area contributed by atoms with Crippen LogP contribution in [0.1, 0.15) is 21.5 Å². The number of allylic oxidation sites excluding steroid dienone is 1. The van der Waals surface area contributed by atoms with Gasteiger partial charge in [-0.25, -0.2) is 4.79 Å². The Morgan fingerprint density at radius 1 is 0.880 bits per heavy atom. The molecular formula is C21H15NO3. The third kappa shape index (κ3) is 2.48. The van der Waals surface area contributed by atoms with Crippen LogP contribution in [0.25, 0.3) is 10.8 Å². The van der Waals surface area contributed by atoms with Crippen LogP contribution >= 0.6 is 0 Å². The quantitative estimate of drug-likeness (QED) is 0.759. The van der Waals surface area contributed by atoms with Crippen LogP contribution in [0.3, 0.4) is 0 Å². The van der Waals surface area contributed by atoms with Crippen molar-refractivity contribution in [3.05, 3.63) is 89.5 Å². The van der Waals surface area contributed by atoms with Gasteiger partial charge in [-0.3, -0.25) is 4.99 Å². The molecule has 0 amide bonds. The number of hydrogen-bond donors (Lipinski definition) is 2. The van der Waals surface area contributed by atoms with Crippen molar-refractivity contribution in [1.82, 2.24) is 0 Å². The van der Waals surface area contributed by atoms with Gasteiger partial charge in [0.25, 0.3) is 0 Å². The van der Waals surface area contributed by atoms with Crippen molar-refractivity contribution < 1.29 is 15.0 Å². The van der Waals surface area contributed by atoms with Gasteiger partial charge < -0.3 is 10.2 Å². The largest absolute Gasteiger partial charge is 0.508 e. The average Bonchev–Trinajstić information content (AvgIpc) is 3.12. The Labute approximate surface area is 144 Å². The topological polar surface area (TPSA) is 69.9 Å². The molecule has 0 bridgehead atoms. The molecule has 1 unspecified atom stereocenters. The van der Waals surface area contributed by atoms with E-state index < -0.39 is 11.5 Å². The van der Waals surface area contributed by atoms with Crippen LogP contribution in [-0.2, 0) is 5.54 Å². The summed E-state index contributed by atoms with van der Waals surface area (Å²) < 4.78 is 0. The number of phenolic OH excluding ortho intramolecular Hbond substituents is 1. The highest BCUT2D eigenvalue weighted by molar-refractivity contribution is 5.94. The fraction of sp³-hybridized carbons (Fsp3) is 0.0476.